The summed E-state index contributed by atoms with van der Waals surface area (Å²) in [6.07, 6.45) is 8.30. The minimum absolute atomic E-state index is 0. The molecule has 0 aliphatic carbocycles. The molecule has 0 aromatic heterocycles. The Labute approximate surface area is 329 Å². The van der Waals surface area contributed by atoms with Crippen LogP contribution in [0.3, 0.4) is 0 Å². The van der Waals surface area contributed by atoms with E-state index in [4.69, 9.17) is 10.5 Å². The van der Waals surface area contributed by atoms with Crippen molar-refractivity contribution in [3.05, 3.63) is 91.5 Å². The predicted octanol–water partition coefficient (Wildman–Crippen LogP) is 9.51. The molecular formula is C42H62BN6O6. The molecule has 55 heavy (non-hydrogen) atoms. The minimum atomic E-state index is -0.414. The molecule has 0 saturated carbocycles. The molecule has 3 aromatic rings. The summed E-state index contributed by atoms with van der Waals surface area (Å²) in [6.45, 7) is 17.0. The number of carbonyl (C=O) groups excluding carboxylic acids is 1. The summed E-state index contributed by atoms with van der Waals surface area (Å²) in [5.74, 6) is -0.0364. The number of nitrogens with two attached hydrogens (primary N) is 1. The summed E-state index contributed by atoms with van der Waals surface area (Å²) in [4.78, 5) is 34.6. The van der Waals surface area contributed by atoms with Crippen molar-refractivity contribution in [2.45, 2.75) is 117 Å². The molecule has 0 atom stereocenters. The molecule has 4 N–H and O–H groups in total. The molecule has 7 rings (SSSR count). The van der Waals surface area contributed by atoms with Crippen molar-refractivity contribution >= 4 is 48.4 Å². The van der Waals surface area contributed by atoms with Gasteiger partial charge < -0.3 is 26.0 Å². The van der Waals surface area contributed by atoms with E-state index in [2.05, 4.69) is 62.4 Å². The molecule has 4 heterocycles. The fraction of sp³-hybridized carbons (Fsp3) is 0.548. The fourth-order valence-electron chi connectivity index (χ4n) is 7.29. The van der Waals surface area contributed by atoms with Gasteiger partial charge in [-0.3, -0.25) is 25.0 Å². The van der Waals surface area contributed by atoms with Gasteiger partial charge in [-0.1, -0.05) is 49.0 Å². The van der Waals surface area contributed by atoms with Gasteiger partial charge in [-0.05, 0) is 108 Å². The summed E-state index contributed by atoms with van der Waals surface area (Å²) < 4.78 is 4.94. The molecular weight excluding hydrogens is 695 g/mol. The zero-order valence-corrected chi connectivity index (χ0v) is 33.1. The van der Waals surface area contributed by atoms with E-state index < -0.39 is 4.92 Å². The highest BCUT2D eigenvalue weighted by Crippen LogP contribution is 2.41. The highest BCUT2D eigenvalue weighted by atomic mass is 16.6. The number of nitrogen functional groups attached to an aromatic ring is 1. The van der Waals surface area contributed by atoms with Crippen LogP contribution in [0.1, 0.15) is 117 Å². The first-order chi connectivity index (χ1) is 24.9. The number of nitro benzene ring substituents is 2. The molecule has 0 spiro atoms. The smallest absolute Gasteiger partial charge is 0.269 e. The lowest BCUT2D eigenvalue weighted by Crippen LogP contribution is -2.19. The molecule has 1 fully saturated rings. The molecule has 12 nitrogen and oxygen atoms in total. The molecule has 3 aromatic carbocycles. The van der Waals surface area contributed by atoms with Gasteiger partial charge in [-0.25, -0.2) is 0 Å². The number of non-ortho nitro benzene ring substituents is 2. The lowest BCUT2D eigenvalue weighted by Gasteiger charge is -2.27. The maximum atomic E-state index is 11.5. The van der Waals surface area contributed by atoms with Crippen LogP contribution in [0.5, 0.6) is 0 Å². The Bertz CT molecular complexity index is 1770. The number of fused-ring (bicyclic) bond motifs is 3. The van der Waals surface area contributed by atoms with E-state index >= 15 is 0 Å². The number of nitro groups is 2. The first-order valence-corrected chi connectivity index (χ1v) is 18.7. The topological polar surface area (TPSA) is 166 Å². The van der Waals surface area contributed by atoms with Crippen LogP contribution in [0.15, 0.2) is 54.6 Å². The van der Waals surface area contributed by atoms with Crippen molar-refractivity contribution in [3.63, 3.8) is 0 Å². The van der Waals surface area contributed by atoms with E-state index in [1.54, 1.807) is 24.3 Å². The molecule has 1 saturated heterocycles. The quantitative estimate of drug-likeness (QED) is 0.0999. The van der Waals surface area contributed by atoms with Crippen LogP contribution in [0.2, 0.25) is 0 Å². The van der Waals surface area contributed by atoms with Crippen LogP contribution < -0.4 is 21.3 Å². The molecule has 3 radical (unpaired) electrons. The average Bonchev–Trinajstić information content (AvgIpc) is 3.59. The average molecular weight is 758 g/mol. The third kappa shape index (κ3) is 12.4. The molecule has 1 amide bonds. The first-order valence-electron chi connectivity index (χ1n) is 18.7. The third-order valence-electron chi connectivity index (χ3n) is 10.7. The van der Waals surface area contributed by atoms with Crippen LogP contribution in [-0.2, 0) is 25.8 Å². The second-order valence-electron chi connectivity index (χ2n) is 16.3. The number of amides is 1. The summed E-state index contributed by atoms with van der Waals surface area (Å²) in [6, 6.07) is 16.0. The number of nitrogens with zero attached hydrogens (tertiary/aromatic N) is 3. The summed E-state index contributed by atoms with van der Waals surface area (Å²) in [7, 11) is 2.16. The highest BCUT2D eigenvalue weighted by Gasteiger charge is 2.31. The second-order valence-corrected chi connectivity index (χ2v) is 16.3. The van der Waals surface area contributed by atoms with E-state index in [0.29, 0.717) is 18.5 Å². The minimum Gasteiger partial charge on any atom is -0.399 e. The number of carbonyl (C=O) groups is 1. The van der Waals surface area contributed by atoms with Crippen molar-refractivity contribution in [1.29, 1.82) is 0 Å². The SMILES string of the molecule is C.C1CCOC1.CC1(C)CCC(=O)Nc2ccc([N+](=O)[O-])cc21.CC1(C)CCCNc2ccc([N+](=O)[O-])cc21.CN1CCCC(C)(C)c2cc(N)ccc21.[B]. The Balaban J connectivity index is 0.000000263. The second kappa shape index (κ2) is 19.8. The Morgan fingerprint density at radius 2 is 1.25 bits per heavy atom. The summed E-state index contributed by atoms with van der Waals surface area (Å²) >= 11 is 0. The highest BCUT2D eigenvalue weighted by molar-refractivity contribution is 5.93. The van der Waals surface area contributed by atoms with Gasteiger partial charge in [0.05, 0.1) is 9.85 Å². The van der Waals surface area contributed by atoms with Crippen LogP contribution in [0.25, 0.3) is 0 Å². The Morgan fingerprint density at radius 1 is 0.727 bits per heavy atom. The van der Waals surface area contributed by atoms with Crippen molar-refractivity contribution in [3.8, 4) is 0 Å². The Morgan fingerprint density at radius 3 is 1.82 bits per heavy atom. The monoisotopic (exact) mass is 757 g/mol. The van der Waals surface area contributed by atoms with Gasteiger partial charge in [0.25, 0.3) is 11.4 Å². The number of benzene rings is 3. The maximum absolute atomic E-state index is 11.5. The summed E-state index contributed by atoms with van der Waals surface area (Å²) in [5.41, 5.74) is 13.3. The van der Waals surface area contributed by atoms with Crippen LogP contribution in [-0.4, -0.2) is 57.5 Å². The number of hydrogen-bond donors (Lipinski definition) is 3. The Hall–Kier alpha value is -4.65. The molecule has 299 valence electrons. The zero-order valence-electron chi connectivity index (χ0n) is 33.1. The van der Waals surface area contributed by atoms with E-state index in [0.717, 1.165) is 61.6 Å². The van der Waals surface area contributed by atoms with Crippen LogP contribution >= 0.6 is 0 Å². The zero-order chi connectivity index (χ0) is 39.0. The number of hydrogen-bond acceptors (Lipinski definition) is 9. The van der Waals surface area contributed by atoms with Gasteiger partial charge in [-0.2, -0.15) is 0 Å². The normalized spacial score (nSPS) is 18.3. The van der Waals surface area contributed by atoms with Crippen LogP contribution in [0, 0.1) is 20.2 Å². The fourth-order valence-corrected chi connectivity index (χ4v) is 7.29. The van der Waals surface area contributed by atoms with E-state index in [9.17, 15) is 25.0 Å². The van der Waals surface area contributed by atoms with Crippen molar-refractivity contribution < 1.29 is 19.4 Å². The third-order valence-corrected chi connectivity index (χ3v) is 10.7. The van der Waals surface area contributed by atoms with Gasteiger partial charge in [0, 0.05) is 95.2 Å². The van der Waals surface area contributed by atoms with E-state index in [1.165, 1.54) is 43.0 Å². The van der Waals surface area contributed by atoms with Crippen LogP contribution in [0.4, 0.5) is 34.1 Å². The van der Waals surface area contributed by atoms with Crippen molar-refractivity contribution in [1.82, 2.24) is 0 Å². The molecule has 0 bridgehead atoms. The van der Waals surface area contributed by atoms with Gasteiger partial charge in [0.2, 0.25) is 5.91 Å². The molecule has 4 aliphatic rings. The molecule has 13 heteroatoms. The number of ether oxygens (including phenoxy) is 1. The standard InChI is InChI=1S/C13H20N2.C12H14N2O3.C12H16N2O2.C4H8O.CH4.B/c1-13(2)7-4-8-15(3)12-6-5-10(14)9-11(12)13;1-12(2)6-5-11(15)13-10-4-3-8(14(16)17)7-9(10)12;1-12(2)6-3-7-13-11-5-4-9(14(15)16)8-10(11)12;1-2-4-5-3-1;;/h5-6,9H,4,7-8,14H2,1-3H3;3-4,7H,5-6H2,1-2H3,(H,13,15);4-5,8,13H,3,6-7H2,1-2H3;1-4H2;1H4;. The number of rotatable bonds is 2. The lowest BCUT2D eigenvalue weighted by molar-refractivity contribution is -0.385. The molecule has 4 aliphatic heterocycles. The van der Waals surface area contributed by atoms with E-state index in [1.807, 2.05) is 26.0 Å². The number of nitrogens with one attached hydrogen (secondary N) is 2. The summed E-state index contributed by atoms with van der Waals surface area (Å²) in [5, 5.41) is 27.6. The number of anilines is 4. The molecule has 0 unspecified atom stereocenters. The van der Waals surface area contributed by atoms with Crippen molar-refractivity contribution in [2.24, 2.45) is 0 Å². The largest absolute Gasteiger partial charge is 0.399 e. The lowest BCUT2D eigenvalue weighted by atomic mass is 9.80. The van der Waals surface area contributed by atoms with Crippen molar-refractivity contribution in [2.75, 3.05) is 54.6 Å². The van der Waals surface area contributed by atoms with Gasteiger partial charge in [0.15, 0.2) is 0 Å². The Kier molecular flexibility index (Phi) is 16.7. The van der Waals surface area contributed by atoms with Gasteiger partial charge in [-0.15, -0.1) is 0 Å². The van der Waals surface area contributed by atoms with Gasteiger partial charge >= 0.3 is 0 Å². The van der Waals surface area contributed by atoms with E-state index in [-0.39, 0.29) is 54.3 Å². The van der Waals surface area contributed by atoms with Gasteiger partial charge in [0.1, 0.15) is 0 Å². The first kappa shape index (κ1) is 46.5. The maximum Gasteiger partial charge on any atom is 0.269 e. The predicted molar refractivity (Wildman–Crippen MR) is 227 cm³/mol.